The number of hydrogen-bond acceptors (Lipinski definition) is 2. The van der Waals surface area contributed by atoms with Crippen LogP contribution in [0.4, 0.5) is 5.69 Å². The van der Waals surface area contributed by atoms with E-state index in [2.05, 4.69) is 30.5 Å². The van der Waals surface area contributed by atoms with Crippen LogP contribution in [0.5, 0.6) is 0 Å². The quantitative estimate of drug-likeness (QED) is 0.763. The molecule has 0 bridgehead atoms. The van der Waals surface area contributed by atoms with E-state index in [9.17, 15) is 5.26 Å². The highest BCUT2D eigenvalue weighted by Gasteiger charge is 2.10. The van der Waals surface area contributed by atoms with Crippen LogP contribution in [0.2, 0.25) is 0 Å². The normalized spacial score (nSPS) is 10.2. The van der Waals surface area contributed by atoms with Crippen LogP contribution in [0.1, 0.15) is 19.4 Å². The third-order valence-corrected chi connectivity index (χ3v) is 3.20. The first-order valence-electron chi connectivity index (χ1n) is 6.48. The molecule has 96 valence electrons. The van der Waals surface area contributed by atoms with Gasteiger partial charge in [-0.1, -0.05) is 36.4 Å². The van der Waals surface area contributed by atoms with Crippen molar-refractivity contribution in [3.63, 3.8) is 0 Å². The molecule has 0 aliphatic rings. The molecule has 2 nitrogen and oxygen atoms in total. The molecular formula is C17H18N2. The summed E-state index contributed by atoms with van der Waals surface area (Å²) in [5.41, 5.74) is 3.03. The standard InChI is InChI=1S/C17H18N2/c1-4-19(12-13(2)3)17-10-9-14(11-18)15-7-5-6-8-16(15)17/h5-10H,2,4,12H2,1,3H3. The topological polar surface area (TPSA) is 27.0 Å². The second kappa shape index (κ2) is 5.58. The minimum absolute atomic E-state index is 0.728. The minimum Gasteiger partial charge on any atom is -0.367 e. The molecule has 19 heavy (non-hydrogen) atoms. The van der Waals surface area contributed by atoms with E-state index in [4.69, 9.17) is 0 Å². The fourth-order valence-electron chi connectivity index (χ4n) is 2.35. The first-order valence-corrected chi connectivity index (χ1v) is 6.48. The molecule has 2 rings (SSSR count). The van der Waals surface area contributed by atoms with Crippen molar-refractivity contribution in [3.05, 3.63) is 54.1 Å². The monoisotopic (exact) mass is 250 g/mol. The summed E-state index contributed by atoms with van der Waals surface area (Å²) in [6.07, 6.45) is 0. The Kier molecular flexibility index (Phi) is 3.87. The molecule has 0 saturated carbocycles. The molecule has 0 N–H and O–H groups in total. The fourth-order valence-corrected chi connectivity index (χ4v) is 2.35. The van der Waals surface area contributed by atoms with Crippen molar-refractivity contribution in [1.82, 2.24) is 0 Å². The van der Waals surface area contributed by atoms with E-state index in [0.29, 0.717) is 0 Å². The maximum atomic E-state index is 9.19. The lowest BCUT2D eigenvalue weighted by atomic mass is 10.0. The molecule has 2 aromatic rings. The van der Waals surface area contributed by atoms with Crippen molar-refractivity contribution < 1.29 is 0 Å². The molecule has 0 heterocycles. The van der Waals surface area contributed by atoms with Gasteiger partial charge in [0.15, 0.2) is 0 Å². The van der Waals surface area contributed by atoms with Crippen LogP contribution >= 0.6 is 0 Å². The lowest BCUT2D eigenvalue weighted by Gasteiger charge is -2.25. The van der Waals surface area contributed by atoms with Gasteiger partial charge in [0.1, 0.15) is 0 Å². The predicted octanol–water partition coefficient (Wildman–Crippen LogP) is 4.11. The van der Waals surface area contributed by atoms with Gasteiger partial charge in [0.05, 0.1) is 11.6 Å². The molecule has 0 aromatic heterocycles. The lowest BCUT2D eigenvalue weighted by Crippen LogP contribution is -2.24. The molecule has 0 radical (unpaired) electrons. The number of likely N-dealkylation sites (N-methyl/N-ethyl adjacent to an activating group) is 1. The maximum absolute atomic E-state index is 9.19. The van der Waals surface area contributed by atoms with Crippen molar-refractivity contribution in [2.75, 3.05) is 18.0 Å². The van der Waals surface area contributed by atoms with Crippen LogP contribution in [0.15, 0.2) is 48.6 Å². The highest BCUT2D eigenvalue weighted by Crippen LogP contribution is 2.29. The maximum Gasteiger partial charge on any atom is 0.0998 e. The minimum atomic E-state index is 0.728. The number of benzene rings is 2. The summed E-state index contributed by atoms with van der Waals surface area (Å²) in [7, 11) is 0. The number of fused-ring (bicyclic) bond motifs is 1. The van der Waals surface area contributed by atoms with Gasteiger partial charge < -0.3 is 4.90 Å². The Morgan fingerprint density at radius 3 is 2.47 bits per heavy atom. The Morgan fingerprint density at radius 2 is 1.89 bits per heavy atom. The van der Waals surface area contributed by atoms with E-state index in [1.54, 1.807) is 0 Å². The van der Waals surface area contributed by atoms with Gasteiger partial charge in [0.2, 0.25) is 0 Å². The summed E-state index contributed by atoms with van der Waals surface area (Å²) in [5.74, 6) is 0. The molecule has 0 spiro atoms. The van der Waals surface area contributed by atoms with Crippen LogP contribution < -0.4 is 4.90 Å². The zero-order valence-electron chi connectivity index (χ0n) is 11.5. The van der Waals surface area contributed by atoms with Crippen LogP contribution in [0.3, 0.4) is 0 Å². The van der Waals surface area contributed by atoms with E-state index in [1.165, 1.54) is 5.69 Å². The number of nitriles is 1. The molecular weight excluding hydrogens is 232 g/mol. The summed E-state index contributed by atoms with van der Waals surface area (Å²) in [6.45, 7) is 9.92. The van der Waals surface area contributed by atoms with E-state index < -0.39 is 0 Å². The fraction of sp³-hybridized carbons (Fsp3) is 0.235. The Hall–Kier alpha value is -2.27. The molecule has 0 fully saturated rings. The first-order chi connectivity index (χ1) is 9.17. The second-order valence-electron chi connectivity index (χ2n) is 4.76. The Bertz CT molecular complexity index is 650. The second-order valence-corrected chi connectivity index (χ2v) is 4.76. The molecule has 0 amide bonds. The van der Waals surface area contributed by atoms with Gasteiger partial charge in [-0.15, -0.1) is 0 Å². The van der Waals surface area contributed by atoms with Crippen LogP contribution in [0, 0.1) is 11.3 Å². The Balaban J connectivity index is 2.61. The van der Waals surface area contributed by atoms with Crippen molar-refractivity contribution in [3.8, 4) is 6.07 Å². The lowest BCUT2D eigenvalue weighted by molar-refractivity contribution is 0.885. The molecule has 0 saturated heterocycles. The van der Waals surface area contributed by atoms with Crippen LogP contribution in [-0.4, -0.2) is 13.1 Å². The van der Waals surface area contributed by atoms with Gasteiger partial charge in [0.25, 0.3) is 0 Å². The number of rotatable bonds is 4. The molecule has 0 aliphatic heterocycles. The molecule has 0 atom stereocenters. The summed E-state index contributed by atoms with van der Waals surface area (Å²) in [5, 5.41) is 11.3. The van der Waals surface area contributed by atoms with Crippen LogP contribution in [-0.2, 0) is 0 Å². The largest absolute Gasteiger partial charge is 0.367 e. The summed E-state index contributed by atoms with van der Waals surface area (Å²) >= 11 is 0. The number of hydrogen-bond donors (Lipinski definition) is 0. The third-order valence-electron chi connectivity index (χ3n) is 3.20. The SMILES string of the molecule is C=C(C)CN(CC)c1ccc(C#N)c2ccccc12. The smallest absolute Gasteiger partial charge is 0.0998 e. The van der Waals surface area contributed by atoms with Crippen molar-refractivity contribution in [1.29, 1.82) is 5.26 Å². The van der Waals surface area contributed by atoms with Crippen molar-refractivity contribution in [2.24, 2.45) is 0 Å². The zero-order chi connectivity index (χ0) is 13.8. The van der Waals surface area contributed by atoms with E-state index in [0.717, 1.165) is 35.0 Å². The van der Waals surface area contributed by atoms with Crippen molar-refractivity contribution in [2.45, 2.75) is 13.8 Å². The van der Waals surface area contributed by atoms with Gasteiger partial charge in [-0.3, -0.25) is 0 Å². The molecule has 0 unspecified atom stereocenters. The Morgan fingerprint density at radius 1 is 1.21 bits per heavy atom. The van der Waals surface area contributed by atoms with E-state index in [-0.39, 0.29) is 0 Å². The highest BCUT2D eigenvalue weighted by atomic mass is 15.1. The van der Waals surface area contributed by atoms with Crippen molar-refractivity contribution >= 4 is 16.5 Å². The predicted molar refractivity (Wildman–Crippen MR) is 81.4 cm³/mol. The van der Waals surface area contributed by atoms with E-state index >= 15 is 0 Å². The number of nitrogens with zero attached hydrogens (tertiary/aromatic N) is 2. The zero-order valence-corrected chi connectivity index (χ0v) is 11.5. The highest BCUT2D eigenvalue weighted by molar-refractivity contribution is 5.97. The van der Waals surface area contributed by atoms with E-state index in [1.807, 2.05) is 37.3 Å². The van der Waals surface area contributed by atoms with Gasteiger partial charge in [0, 0.05) is 29.5 Å². The average molecular weight is 250 g/mol. The molecule has 2 aromatic carbocycles. The van der Waals surface area contributed by atoms with Gasteiger partial charge in [-0.25, -0.2) is 0 Å². The van der Waals surface area contributed by atoms with Crippen LogP contribution in [0.25, 0.3) is 10.8 Å². The molecule has 2 heteroatoms. The molecule has 0 aliphatic carbocycles. The Labute approximate surface area is 114 Å². The van der Waals surface area contributed by atoms with Gasteiger partial charge in [-0.2, -0.15) is 5.26 Å². The third kappa shape index (κ3) is 2.61. The summed E-state index contributed by atoms with van der Waals surface area (Å²) in [4.78, 5) is 2.28. The van der Waals surface area contributed by atoms with Gasteiger partial charge >= 0.3 is 0 Å². The summed E-state index contributed by atoms with van der Waals surface area (Å²) in [6, 6.07) is 14.3. The average Bonchev–Trinajstić information content (AvgIpc) is 2.43. The first kappa shape index (κ1) is 13.2. The van der Waals surface area contributed by atoms with Gasteiger partial charge in [-0.05, 0) is 26.0 Å². The summed E-state index contributed by atoms with van der Waals surface area (Å²) < 4.78 is 0. The number of anilines is 1.